The molecule has 0 spiro atoms. The Balaban J connectivity index is 2.94. The lowest BCUT2D eigenvalue weighted by molar-refractivity contribution is 0.501. The fourth-order valence-corrected chi connectivity index (χ4v) is 0.373. The molecular weight excluding hydrogens is 103 g/mol. The van der Waals surface area contributed by atoms with Crippen LogP contribution >= 0.6 is 0 Å². The lowest BCUT2D eigenvalue weighted by Gasteiger charge is -1.79. The van der Waals surface area contributed by atoms with Gasteiger partial charge in [0.15, 0.2) is 0 Å². The Kier molecular flexibility index (Phi) is 5.94. The summed E-state index contributed by atoms with van der Waals surface area (Å²) in [6, 6.07) is 0. The summed E-state index contributed by atoms with van der Waals surface area (Å²) in [5.41, 5.74) is 0. The van der Waals surface area contributed by atoms with Crippen LogP contribution in [0, 0.1) is 0 Å². The number of allylic oxidation sites excluding steroid dienone is 3. The van der Waals surface area contributed by atoms with Gasteiger partial charge in [-0.25, -0.2) is 0 Å². The molecule has 0 atom stereocenters. The first-order chi connectivity index (χ1) is 3.91. The zero-order valence-electron chi connectivity index (χ0n) is 4.94. The van der Waals surface area contributed by atoms with E-state index >= 15 is 0 Å². The van der Waals surface area contributed by atoms with Gasteiger partial charge in [0.1, 0.15) is 0 Å². The molecule has 0 aromatic heterocycles. The molecule has 46 valence electrons. The first kappa shape index (κ1) is 7.41. The topological polar surface area (TPSA) is 0 Å². The molecule has 0 aliphatic carbocycles. The summed E-state index contributed by atoms with van der Waals surface area (Å²) < 4.78 is 11.3. The molecule has 0 aliphatic heterocycles. The van der Waals surface area contributed by atoms with Gasteiger partial charge < -0.3 is 0 Å². The van der Waals surface area contributed by atoms with Crippen molar-refractivity contribution >= 4 is 0 Å². The standard InChI is InChI=1S/C7H11F/c1-2-3-4-5-6-7-8/h2,4-5H,1,3,6-7H2/b5-4+. The van der Waals surface area contributed by atoms with Crippen molar-refractivity contribution < 1.29 is 4.39 Å². The molecule has 0 rings (SSSR count). The van der Waals surface area contributed by atoms with Crippen LogP contribution in [0.25, 0.3) is 0 Å². The Hall–Kier alpha value is -0.590. The SMILES string of the molecule is C=CC/C=C/CCF. The van der Waals surface area contributed by atoms with E-state index in [1.54, 1.807) is 6.08 Å². The van der Waals surface area contributed by atoms with Crippen LogP contribution in [0.5, 0.6) is 0 Å². The summed E-state index contributed by atoms with van der Waals surface area (Å²) in [7, 11) is 0. The first-order valence-corrected chi connectivity index (χ1v) is 2.73. The van der Waals surface area contributed by atoms with E-state index in [1.165, 1.54) is 0 Å². The van der Waals surface area contributed by atoms with Crippen molar-refractivity contribution in [3.8, 4) is 0 Å². The molecule has 0 amide bonds. The summed E-state index contributed by atoms with van der Waals surface area (Å²) in [6.07, 6.45) is 6.90. The number of alkyl halides is 1. The molecule has 0 nitrogen and oxygen atoms in total. The van der Waals surface area contributed by atoms with E-state index in [2.05, 4.69) is 6.58 Å². The van der Waals surface area contributed by atoms with E-state index in [0.29, 0.717) is 6.42 Å². The van der Waals surface area contributed by atoms with Gasteiger partial charge in [-0.1, -0.05) is 18.2 Å². The van der Waals surface area contributed by atoms with E-state index in [4.69, 9.17) is 0 Å². The van der Waals surface area contributed by atoms with Gasteiger partial charge in [-0.3, -0.25) is 4.39 Å². The lowest BCUT2D eigenvalue weighted by atomic mass is 10.3. The Bertz CT molecular complexity index is 74.5. The number of hydrogen-bond donors (Lipinski definition) is 0. The maximum atomic E-state index is 11.3. The van der Waals surface area contributed by atoms with E-state index in [1.807, 2.05) is 12.2 Å². The highest BCUT2D eigenvalue weighted by molar-refractivity contribution is 4.87. The molecule has 0 saturated carbocycles. The zero-order valence-corrected chi connectivity index (χ0v) is 4.94. The van der Waals surface area contributed by atoms with E-state index in [0.717, 1.165) is 6.42 Å². The molecule has 8 heavy (non-hydrogen) atoms. The van der Waals surface area contributed by atoms with Gasteiger partial charge >= 0.3 is 0 Å². The highest BCUT2D eigenvalue weighted by Gasteiger charge is 1.72. The van der Waals surface area contributed by atoms with Gasteiger partial charge in [0, 0.05) is 0 Å². The summed E-state index contributed by atoms with van der Waals surface area (Å²) in [5, 5.41) is 0. The van der Waals surface area contributed by atoms with Crippen LogP contribution in [0.1, 0.15) is 12.8 Å². The number of rotatable bonds is 4. The Labute approximate surface area is 49.7 Å². The van der Waals surface area contributed by atoms with E-state index in [9.17, 15) is 4.39 Å². The smallest absolute Gasteiger partial charge is 0.0928 e. The van der Waals surface area contributed by atoms with Crippen molar-refractivity contribution in [2.45, 2.75) is 12.8 Å². The van der Waals surface area contributed by atoms with Crippen molar-refractivity contribution in [2.24, 2.45) is 0 Å². The third-order valence-electron chi connectivity index (χ3n) is 0.745. The predicted octanol–water partition coefficient (Wildman–Crippen LogP) is 2.48. The van der Waals surface area contributed by atoms with Crippen molar-refractivity contribution in [2.75, 3.05) is 6.67 Å². The van der Waals surface area contributed by atoms with E-state index in [-0.39, 0.29) is 6.67 Å². The number of hydrogen-bond acceptors (Lipinski definition) is 0. The second kappa shape index (κ2) is 6.41. The van der Waals surface area contributed by atoms with Crippen LogP contribution in [0.2, 0.25) is 0 Å². The maximum Gasteiger partial charge on any atom is 0.0928 e. The molecule has 0 heterocycles. The second-order valence-corrected chi connectivity index (χ2v) is 1.47. The third-order valence-corrected chi connectivity index (χ3v) is 0.745. The summed E-state index contributed by atoms with van der Waals surface area (Å²) in [4.78, 5) is 0. The fraction of sp³-hybridized carbons (Fsp3) is 0.429. The van der Waals surface area contributed by atoms with Crippen molar-refractivity contribution in [3.63, 3.8) is 0 Å². The molecule has 0 aromatic rings. The minimum absolute atomic E-state index is 0.256. The minimum Gasteiger partial charge on any atom is -0.251 e. The Morgan fingerprint density at radius 1 is 1.38 bits per heavy atom. The van der Waals surface area contributed by atoms with Crippen LogP contribution in [0.4, 0.5) is 4.39 Å². The van der Waals surface area contributed by atoms with Crippen LogP contribution < -0.4 is 0 Å². The molecular formula is C7H11F. The predicted molar refractivity (Wildman–Crippen MR) is 34.5 cm³/mol. The molecule has 0 unspecified atom stereocenters. The molecule has 0 saturated heterocycles. The average molecular weight is 114 g/mol. The van der Waals surface area contributed by atoms with Crippen LogP contribution in [0.3, 0.4) is 0 Å². The quantitative estimate of drug-likeness (QED) is 0.492. The first-order valence-electron chi connectivity index (χ1n) is 2.73. The highest BCUT2D eigenvalue weighted by Crippen LogP contribution is 1.87. The largest absolute Gasteiger partial charge is 0.251 e. The normalized spacial score (nSPS) is 10.1. The molecule has 0 fully saturated rings. The molecule has 0 N–H and O–H groups in total. The highest BCUT2D eigenvalue weighted by atomic mass is 19.1. The monoisotopic (exact) mass is 114 g/mol. The third kappa shape index (κ3) is 5.41. The Morgan fingerprint density at radius 3 is 2.62 bits per heavy atom. The molecule has 0 aromatic carbocycles. The van der Waals surface area contributed by atoms with Crippen molar-refractivity contribution in [1.82, 2.24) is 0 Å². The minimum atomic E-state index is -0.256. The lowest BCUT2D eigenvalue weighted by Crippen LogP contribution is -1.66. The van der Waals surface area contributed by atoms with Gasteiger partial charge in [-0.15, -0.1) is 6.58 Å². The van der Waals surface area contributed by atoms with E-state index < -0.39 is 0 Å². The second-order valence-electron chi connectivity index (χ2n) is 1.47. The molecule has 1 heteroatoms. The van der Waals surface area contributed by atoms with Gasteiger partial charge in [-0.05, 0) is 12.8 Å². The zero-order chi connectivity index (χ0) is 6.24. The maximum absolute atomic E-state index is 11.3. The van der Waals surface area contributed by atoms with Gasteiger partial charge in [0.05, 0.1) is 6.67 Å². The number of halogens is 1. The Morgan fingerprint density at radius 2 is 2.12 bits per heavy atom. The van der Waals surface area contributed by atoms with Crippen molar-refractivity contribution in [1.29, 1.82) is 0 Å². The molecule has 0 radical (unpaired) electrons. The average Bonchev–Trinajstić information content (AvgIpc) is 1.81. The summed E-state index contributed by atoms with van der Waals surface area (Å²) in [6.45, 7) is 3.26. The van der Waals surface area contributed by atoms with Crippen LogP contribution in [-0.4, -0.2) is 6.67 Å². The van der Waals surface area contributed by atoms with Crippen molar-refractivity contribution in [3.05, 3.63) is 24.8 Å². The summed E-state index contributed by atoms with van der Waals surface area (Å²) in [5.74, 6) is 0. The van der Waals surface area contributed by atoms with Gasteiger partial charge in [-0.2, -0.15) is 0 Å². The molecule has 0 aliphatic rings. The van der Waals surface area contributed by atoms with Crippen LogP contribution in [-0.2, 0) is 0 Å². The van der Waals surface area contributed by atoms with Gasteiger partial charge in [0.25, 0.3) is 0 Å². The fourth-order valence-electron chi connectivity index (χ4n) is 0.373. The van der Waals surface area contributed by atoms with Crippen LogP contribution in [0.15, 0.2) is 24.8 Å². The molecule has 0 bridgehead atoms. The summed E-state index contributed by atoms with van der Waals surface area (Å²) >= 11 is 0. The van der Waals surface area contributed by atoms with Gasteiger partial charge in [0.2, 0.25) is 0 Å².